The first-order valence-corrected chi connectivity index (χ1v) is 7.64. The summed E-state index contributed by atoms with van der Waals surface area (Å²) in [6, 6.07) is 10.8. The Morgan fingerprint density at radius 1 is 1.17 bits per heavy atom. The van der Waals surface area contributed by atoms with Gasteiger partial charge in [0.15, 0.2) is 0 Å². The molecule has 2 rings (SSSR count). The van der Waals surface area contributed by atoms with Gasteiger partial charge in [0.2, 0.25) is 5.91 Å². The van der Waals surface area contributed by atoms with E-state index in [1.165, 1.54) is 12.1 Å². The third-order valence-corrected chi connectivity index (χ3v) is 3.38. The Bertz CT molecular complexity index is 732. The van der Waals surface area contributed by atoms with Gasteiger partial charge < -0.3 is 15.4 Å². The van der Waals surface area contributed by atoms with Crippen LogP contribution in [0.2, 0.25) is 5.02 Å². The largest absolute Gasteiger partial charge is 0.492 e. The van der Waals surface area contributed by atoms with Crippen molar-refractivity contribution in [3.8, 4) is 5.75 Å². The van der Waals surface area contributed by atoms with Crippen LogP contribution >= 0.6 is 11.6 Å². The van der Waals surface area contributed by atoms with Crippen molar-refractivity contribution in [1.82, 2.24) is 5.32 Å². The second-order valence-corrected chi connectivity index (χ2v) is 5.16. The maximum absolute atomic E-state index is 13.6. The van der Waals surface area contributed by atoms with Crippen LogP contribution in [-0.2, 0) is 4.79 Å². The van der Waals surface area contributed by atoms with Crippen molar-refractivity contribution in [2.45, 2.75) is 6.92 Å². The first-order valence-electron chi connectivity index (χ1n) is 7.26. The van der Waals surface area contributed by atoms with Crippen molar-refractivity contribution in [3.05, 3.63) is 58.9 Å². The van der Waals surface area contributed by atoms with Crippen LogP contribution in [0.3, 0.4) is 0 Å². The number of hydrogen-bond acceptors (Lipinski definition) is 3. The molecule has 0 aliphatic carbocycles. The molecule has 0 saturated carbocycles. The minimum Gasteiger partial charge on any atom is -0.492 e. The van der Waals surface area contributed by atoms with Crippen molar-refractivity contribution in [2.75, 3.05) is 18.5 Å². The quantitative estimate of drug-likeness (QED) is 0.840. The van der Waals surface area contributed by atoms with E-state index in [1.54, 1.807) is 24.3 Å². The molecule has 0 saturated heterocycles. The van der Waals surface area contributed by atoms with Crippen LogP contribution in [0.5, 0.6) is 5.75 Å². The summed E-state index contributed by atoms with van der Waals surface area (Å²) < 4.78 is 19.0. The highest BCUT2D eigenvalue weighted by atomic mass is 35.5. The van der Waals surface area contributed by atoms with Crippen molar-refractivity contribution >= 4 is 29.1 Å². The number of nitrogens with one attached hydrogen (secondary N) is 2. The minimum absolute atomic E-state index is 0.0189. The molecule has 0 aromatic heterocycles. The average Bonchev–Trinajstić information content (AvgIpc) is 2.55. The van der Waals surface area contributed by atoms with Crippen molar-refractivity contribution in [3.63, 3.8) is 0 Å². The van der Waals surface area contributed by atoms with Gasteiger partial charge in [-0.2, -0.15) is 0 Å². The van der Waals surface area contributed by atoms with Crippen LogP contribution in [-0.4, -0.2) is 25.0 Å². The first kappa shape index (κ1) is 17.7. The highest BCUT2D eigenvalue weighted by molar-refractivity contribution is 6.33. The van der Waals surface area contributed by atoms with E-state index < -0.39 is 17.6 Å². The predicted octanol–water partition coefficient (Wildman–Crippen LogP) is 3.25. The summed E-state index contributed by atoms with van der Waals surface area (Å²) in [6.07, 6.45) is 0. The lowest BCUT2D eigenvalue weighted by molar-refractivity contribution is -0.115. The molecule has 24 heavy (non-hydrogen) atoms. The molecular weight excluding hydrogens is 335 g/mol. The second kappa shape index (κ2) is 8.31. The summed E-state index contributed by atoms with van der Waals surface area (Å²) in [5.41, 5.74) is 0.198. The summed E-state index contributed by atoms with van der Waals surface area (Å²) in [7, 11) is 0. The third-order valence-electron chi connectivity index (χ3n) is 3.06. The van der Waals surface area contributed by atoms with E-state index in [4.69, 9.17) is 16.3 Å². The summed E-state index contributed by atoms with van der Waals surface area (Å²) in [5.74, 6) is -1.45. The SMILES string of the molecule is CCOc1ccccc1NC(=O)CNC(=O)c1c(F)cccc1Cl. The Kier molecular flexibility index (Phi) is 6.14. The van der Waals surface area contributed by atoms with E-state index in [2.05, 4.69) is 10.6 Å². The number of hydrogen-bond donors (Lipinski definition) is 2. The molecule has 0 aliphatic rings. The molecule has 0 heterocycles. The number of carbonyl (C=O) groups excluding carboxylic acids is 2. The van der Waals surface area contributed by atoms with Gasteiger partial charge in [0.1, 0.15) is 11.6 Å². The maximum atomic E-state index is 13.6. The van der Waals surface area contributed by atoms with E-state index in [0.29, 0.717) is 18.0 Å². The number of ether oxygens (including phenoxy) is 1. The fourth-order valence-electron chi connectivity index (χ4n) is 2.01. The molecule has 2 N–H and O–H groups in total. The van der Waals surface area contributed by atoms with E-state index in [9.17, 15) is 14.0 Å². The van der Waals surface area contributed by atoms with Gasteiger partial charge >= 0.3 is 0 Å². The van der Waals surface area contributed by atoms with Crippen LogP contribution in [0.4, 0.5) is 10.1 Å². The van der Waals surface area contributed by atoms with E-state index in [0.717, 1.165) is 6.07 Å². The Labute approximate surface area is 143 Å². The predicted molar refractivity (Wildman–Crippen MR) is 90.0 cm³/mol. The van der Waals surface area contributed by atoms with E-state index in [1.807, 2.05) is 6.92 Å². The lowest BCUT2D eigenvalue weighted by Crippen LogP contribution is -2.33. The Morgan fingerprint density at radius 3 is 2.62 bits per heavy atom. The topological polar surface area (TPSA) is 67.4 Å². The van der Waals surface area contributed by atoms with Gasteiger partial charge in [-0.25, -0.2) is 4.39 Å². The fraction of sp³-hybridized carbons (Fsp3) is 0.176. The first-order chi connectivity index (χ1) is 11.5. The Balaban J connectivity index is 1.98. The zero-order chi connectivity index (χ0) is 17.5. The molecule has 0 bridgehead atoms. The zero-order valence-electron chi connectivity index (χ0n) is 12.9. The molecule has 0 unspecified atom stereocenters. The number of anilines is 1. The average molecular weight is 351 g/mol. The molecular formula is C17H16ClFN2O3. The number of halogens is 2. The third kappa shape index (κ3) is 4.45. The summed E-state index contributed by atoms with van der Waals surface area (Å²) in [5, 5.41) is 4.94. The fourth-order valence-corrected chi connectivity index (χ4v) is 2.26. The number of para-hydroxylation sites is 2. The van der Waals surface area contributed by atoms with Crippen LogP contribution in [0.1, 0.15) is 17.3 Å². The molecule has 2 aromatic carbocycles. The summed E-state index contributed by atoms with van der Waals surface area (Å²) >= 11 is 5.81. The number of amides is 2. The van der Waals surface area contributed by atoms with Crippen LogP contribution in [0, 0.1) is 5.82 Å². The molecule has 126 valence electrons. The molecule has 0 atom stereocenters. The zero-order valence-corrected chi connectivity index (χ0v) is 13.7. The number of benzene rings is 2. The minimum atomic E-state index is -0.758. The summed E-state index contributed by atoms with van der Waals surface area (Å²) in [6.45, 7) is 1.95. The van der Waals surface area contributed by atoms with Crippen molar-refractivity contribution in [2.24, 2.45) is 0 Å². The van der Waals surface area contributed by atoms with Gasteiger partial charge in [-0.15, -0.1) is 0 Å². The van der Waals surface area contributed by atoms with E-state index in [-0.39, 0.29) is 17.1 Å². The Morgan fingerprint density at radius 2 is 1.92 bits per heavy atom. The van der Waals surface area contributed by atoms with Gasteiger partial charge in [0, 0.05) is 0 Å². The Hall–Kier alpha value is -2.60. The molecule has 5 nitrogen and oxygen atoms in total. The van der Waals surface area contributed by atoms with E-state index >= 15 is 0 Å². The maximum Gasteiger partial charge on any atom is 0.256 e. The smallest absolute Gasteiger partial charge is 0.256 e. The number of carbonyl (C=O) groups is 2. The number of rotatable bonds is 6. The molecule has 0 aliphatic heterocycles. The van der Waals surface area contributed by atoms with Gasteiger partial charge in [-0.1, -0.05) is 29.8 Å². The van der Waals surface area contributed by atoms with Crippen LogP contribution in [0.25, 0.3) is 0 Å². The van der Waals surface area contributed by atoms with Gasteiger partial charge in [-0.05, 0) is 31.2 Å². The lowest BCUT2D eigenvalue weighted by Gasteiger charge is -2.12. The van der Waals surface area contributed by atoms with Crippen LogP contribution < -0.4 is 15.4 Å². The molecule has 2 amide bonds. The monoisotopic (exact) mass is 350 g/mol. The highest BCUT2D eigenvalue weighted by Crippen LogP contribution is 2.23. The summed E-state index contributed by atoms with van der Waals surface area (Å²) in [4.78, 5) is 23.9. The lowest BCUT2D eigenvalue weighted by atomic mass is 10.2. The molecule has 0 spiro atoms. The molecule has 0 radical (unpaired) electrons. The van der Waals surface area contributed by atoms with Crippen LogP contribution in [0.15, 0.2) is 42.5 Å². The van der Waals surface area contributed by atoms with Gasteiger partial charge in [0.05, 0.1) is 29.4 Å². The van der Waals surface area contributed by atoms with Gasteiger partial charge in [0.25, 0.3) is 5.91 Å². The molecule has 2 aromatic rings. The molecule has 7 heteroatoms. The standard InChI is InChI=1S/C17H16ClFN2O3/c1-2-24-14-9-4-3-8-13(14)21-15(22)10-20-17(23)16-11(18)6-5-7-12(16)19/h3-9H,2,10H2,1H3,(H,20,23)(H,21,22). The normalized spacial score (nSPS) is 10.1. The van der Waals surface area contributed by atoms with Crippen molar-refractivity contribution in [1.29, 1.82) is 0 Å². The highest BCUT2D eigenvalue weighted by Gasteiger charge is 2.16. The van der Waals surface area contributed by atoms with Gasteiger partial charge in [-0.3, -0.25) is 9.59 Å². The second-order valence-electron chi connectivity index (χ2n) is 4.76. The molecule has 0 fully saturated rings. The van der Waals surface area contributed by atoms with Crippen molar-refractivity contribution < 1.29 is 18.7 Å².